The highest BCUT2D eigenvalue weighted by atomic mass is 35.5. The maximum atomic E-state index is 12.4. The first-order valence-electron chi connectivity index (χ1n) is 3.72. The number of aldehydes is 1. The van der Waals surface area contributed by atoms with Crippen molar-refractivity contribution in [2.45, 2.75) is 13.0 Å². The number of nitrogens with zero attached hydrogens (tertiary/aromatic N) is 1. The summed E-state index contributed by atoms with van der Waals surface area (Å²) in [5.74, 6) is 0. The average Bonchev–Trinajstić information content (AvgIpc) is 2.15. The van der Waals surface area contributed by atoms with Crippen LogP contribution in [0.25, 0.3) is 0 Å². The molecule has 1 heterocycles. The Labute approximate surface area is 83.9 Å². The third kappa shape index (κ3) is 2.05. The molecule has 0 aliphatic carbocycles. The zero-order valence-corrected chi connectivity index (χ0v) is 7.76. The van der Waals surface area contributed by atoms with Crippen molar-refractivity contribution < 1.29 is 13.6 Å². The maximum Gasteiger partial charge on any atom is 0.267 e. The van der Waals surface area contributed by atoms with E-state index in [0.29, 0.717) is 5.69 Å². The SMILES string of the molecule is NCc1cc(Cl)c(C(F)F)c(C=O)n1. The van der Waals surface area contributed by atoms with Gasteiger partial charge in [-0.2, -0.15) is 0 Å². The maximum absolute atomic E-state index is 12.4. The number of halogens is 3. The number of hydrogen-bond acceptors (Lipinski definition) is 3. The van der Waals surface area contributed by atoms with Gasteiger partial charge in [0.1, 0.15) is 5.69 Å². The van der Waals surface area contributed by atoms with Gasteiger partial charge in [0.15, 0.2) is 6.29 Å². The van der Waals surface area contributed by atoms with Gasteiger partial charge < -0.3 is 5.73 Å². The average molecular weight is 221 g/mol. The molecule has 0 aliphatic heterocycles. The molecule has 0 aromatic carbocycles. The lowest BCUT2D eigenvalue weighted by Gasteiger charge is -2.07. The smallest absolute Gasteiger partial charge is 0.267 e. The molecule has 1 aromatic heterocycles. The monoisotopic (exact) mass is 220 g/mol. The predicted octanol–water partition coefficient (Wildman–Crippen LogP) is 1.94. The topological polar surface area (TPSA) is 56.0 Å². The normalized spacial score (nSPS) is 10.6. The minimum atomic E-state index is -2.82. The third-order valence-electron chi connectivity index (χ3n) is 1.63. The number of carbonyl (C=O) groups is 1. The lowest BCUT2D eigenvalue weighted by atomic mass is 10.2. The first-order valence-corrected chi connectivity index (χ1v) is 4.10. The molecule has 1 rings (SSSR count). The number of carbonyl (C=O) groups excluding carboxylic acids is 1. The zero-order chi connectivity index (χ0) is 10.7. The zero-order valence-electron chi connectivity index (χ0n) is 7.01. The molecule has 0 aliphatic rings. The molecule has 76 valence electrons. The van der Waals surface area contributed by atoms with Crippen LogP contribution >= 0.6 is 11.6 Å². The van der Waals surface area contributed by atoms with Crippen LogP contribution in [0, 0.1) is 0 Å². The number of nitrogens with two attached hydrogens (primary N) is 1. The van der Waals surface area contributed by atoms with Crippen molar-refractivity contribution in [3.05, 3.63) is 28.0 Å². The summed E-state index contributed by atoms with van der Waals surface area (Å²) >= 11 is 5.55. The van der Waals surface area contributed by atoms with Gasteiger partial charge in [-0.3, -0.25) is 4.79 Å². The lowest BCUT2D eigenvalue weighted by Crippen LogP contribution is -2.06. The molecule has 0 saturated heterocycles. The van der Waals surface area contributed by atoms with Gasteiger partial charge >= 0.3 is 0 Å². The van der Waals surface area contributed by atoms with E-state index in [4.69, 9.17) is 17.3 Å². The molecule has 14 heavy (non-hydrogen) atoms. The molecule has 3 nitrogen and oxygen atoms in total. The molecule has 0 unspecified atom stereocenters. The minimum absolute atomic E-state index is 0.0457. The molecule has 6 heteroatoms. The lowest BCUT2D eigenvalue weighted by molar-refractivity contribution is 0.110. The Morgan fingerprint density at radius 2 is 2.29 bits per heavy atom. The van der Waals surface area contributed by atoms with E-state index in [1.54, 1.807) is 0 Å². The van der Waals surface area contributed by atoms with Gasteiger partial charge in [0, 0.05) is 6.54 Å². The molecular weight excluding hydrogens is 214 g/mol. The molecule has 0 saturated carbocycles. The van der Waals surface area contributed by atoms with Crippen LogP contribution in [0.15, 0.2) is 6.07 Å². The van der Waals surface area contributed by atoms with E-state index >= 15 is 0 Å². The van der Waals surface area contributed by atoms with E-state index in [0.717, 1.165) is 0 Å². The highest BCUT2D eigenvalue weighted by Crippen LogP contribution is 2.29. The molecule has 1 aromatic rings. The second kappa shape index (κ2) is 4.43. The van der Waals surface area contributed by atoms with Gasteiger partial charge in [0.05, 0.1) is 16.3 Å². The van der Waals surface area contributed by atoms with Crippen molar-refractivity contribution in [2.24, 2.45) is 5.73 Å². The quantitative estimate of drug-likeness (QED) is 0.792. The van der Waals surface area contributed by atoms with Crippen LogP contribution in [0.4, 0.5) is 8.78 Å². The summed E-state index contributed by atoms with van der Waals surface area (Å²) in [7, 11) is 0. The summed E-state index contributed by atoms with van der Waals surface area (Å²) < 4.78 is 24.8. The number of alkyl halides is 2. The number of aromatic nitrogens is 1. The molecule has 0 spiro atoms. The summed E-state index contributed by atoms with van der Waals surface area (Å²) in [6.07, 6.45) is -2.57. The van der Waals surface area contributed by atoms with Crippen molar-refractivity contribution in [2.75, 3.05) is 0 Å². The van der Waals surface area contributed by atoms with Gasteiger partial charge in [-0.1, -0.05) is 11.6 Å². The van der Waals surface area contributed by atoms with Crippen molar-refractivity contribution in [1.29, 1.82) is 0 Å². The van der Waals surface area contributed by atoms with Gasteiger partial charge in [-0.25, -0.2) is 13.8 Å². The van der Waals surface area contributed by atoms with Crippen LogP contribution in [0.2, 0.25) is 5.02 Å². The van der Waals surface area contributed by atoms with E-state index < -0.39 is 12.0 Å². The third-order valence-corrected chi connectivity index (χ3v) is 1.94. The van der Waals surface area contributed by atoms with E-state index in [9.17, 15) is 13.6 Å². The molecule has 2 N–H and O–H groups in total. The predicted molar refractivity (Wildman–Crippen MR) is 47.5 cm³/mol. The Morgan fingerprint density at radius 1 is 1.64 bits per heavy atom. The Bertz CT molecular complexity index is 357. The van der Waals surface area contributed by atoms with Crippen molar-refractivity contribution in [3.8, 4) is 0 Å². The van der Waals surface area contributed by atoms with Crippen molar-refractivity contribution in [1.82, 2.24) is 4.98 Å². The standard InChI is InChI=1S/C8H7ClF2N2O/c9-5-1-4(2-12)13-6(3-14)7(5)8(10)11/h1,3,8H,2,12H2. The number of pyridine rings is 1. The van der Waals surface area contributed by atoms with Gasteiger partial charge in [-0.15, -0.1) is 0 Å². The summed E-state index contributed by atoms with van der Waals surface area (Å²) in [6, 6.07) is 1.23. The first kappa shape index (κ1) is 11.0. The fraction of sp³-hybridized carbons (Fsp3) is 0.250. The molecular formula is C8H7ClF2N2O. The van der Waals surface area contributed by atoms with E-state index in [2.05, 4.69) is 4.98 Å². The van der Waals surface area contributed by atoms with Gasteiger partial charge in [0.2, 0.25) is 0 Å². The van der Waals surface area contributed by atoms with Crippen LogP contribution < -0.4 is 5.73 Å². The highest BCUT2D eigenvalue weighted by Gasteiger charge is 2.18. The number of rotatable bonds is 3. The Hall–Kier alpha value is -1.07. The summed E-state index contributed by atoms with van der Waals surface area (Å²) in [5.41, 5.74) is 4.65. The largest absolute Gasteiger partial charge is 0.325 e. The molecule has 0 fully saturated rings. The fourth-order valence-corrected chi connectivity index (χ4v) is 1.31. The number of hydrogen-bond donors (Lipinski definition) is 1. The van der Waals surface area contributed by atoms with Crippen LogP contribution in [-0.4, -0.2) is 11.3 Å². The second-order valence-corrected chi connectivity index (χ2v) is 2.92. The fourth-order valence-electron chi connectivity index (χ4n) is 1.00. The molecule has 0 radical (unpaired) electrons. The minimum Gasteiger partial charge on any atom is -0.325 e. The highest BCUT2D eigenvalue weighted by molar-refractivity contribution is 6.31. The second-order valence-electron chi connectivity index (χ2n) is 2.52. The first-order chi connectivity index (χ1) is 6.60. The van der Waals surface area contributed by atoms with E-state index in [-0.39, 0.29) is 23.5 Å². The molecule has 0 amide bonds. The van der Waals surface area contributed by atoms with E-state index in [1.807, 2.05) is 0 Å². The summed E-state index contributed by atoms with van der Waals surface area (Å²) in [6.45, 7) is 0.0457. The van der Waals surface area contributed by atoms with Gasteiger partial charge in [-0.05, 0) is 6.07 Å². The van der Waals surface area contributed by atoms with E-state index in [1.165, 1.54) is 6.07 Å². The summed E-state index contributed by atoms with van der Waals surface area (Å²) in [4.78, 5) is 14.1. The summed E-state index contributed by atoms with van der Waals surface area (Å²) in [5, 5.41) is -0.183. The Kier molecular flexibility index (Phi) is 3.49. The molecule has 0 atom stereocenters. The van der Waals surface area contributed by atoms with Crippen LogP contribution in [0.3, 0.4) is 0 Å². The Balaban J connectivity index is 3.34. The van der Waals surface area contributed by atoms with Crippen LogP contribution in [0.1, 0.15) is 28.2 Å². The van der Waals surface area contributed by atoms with Crippen molar-refractivity contribution in [3.63, 3.8) is 0 Å². The molecule has 0 bridgehead atoms. The van der Waals surface area contributed by atoms with Crippen LogP contribution in [0.5, 0.6) is 0 Å². The van der Waals surface area contributed by atoms with Crippen molar-refractivity contribution >= 4 is 17.9 Å². The van der Waals surface area contributed by atoms with Crippen LogP contribution in [-0.2, 0) is 6.54 Å². The Morgan fingerprint density at radius 3 is 2.71 bits per heavy atom. The van der Waals surface area contributed by atoms with Gasteiger partial charge in [0.25, 0.3) is 6.43 Å².